The molecule has 0 aliphatic carbocycles. The monoisotopic (exact) mass is 627 g/mol. The van der Waals surface area contributed by atoms with Crippen molar-refractivity contribution < 1.29 is 27.1 Å². The maximum Gasteiger partial charge on any atom is 0.264 e. The van der Waals surface area contributed by atoms with Crippen LogP contribution in [0.3, 0.4) is 0 Å². The van der Waals surface area contributed by atoms with Gasteiger partial charge in [0.15, 0.2) is 0 Å². The van der Waals surface area contributed by atoms with E-state index in [-0.39, 0.29) is 27.8 Å². The summed E-state index contributed by atoms with van der Waals surface area (Å²) >= 11 is 12.0. The van der Waals surface area contributed by atoms with Crippen molar-refractivity contribution in [1.29, 1.82) is 0 Å². The lowest BCUT2D eigenvalue weighted by molar-refractivity contribution is 0.0934. The quantitative estimate of drug-likeness (QED) is 0.187. The molecule has 2 amide bonds. The van der Waals surface area contributed by atoms with E-state index in [0.717, 1.165) is 6.07 Å². The molecule has 8 nitrogen and oxygen atoms in total. The Morgan fingerprint density at radius 2 is 1.67 bits per heavy atom. The van der Waals surface area contributed by atoms with Gasteiger partial charge in [-0.25, -0.2) is 22.5 Å². The fraction of sp³-hybridized carbons (Fsp3) is 0.100. The van der Waals surface area contributed by atoms with Gasteiger partial charge in [0.05, 0.1) is 11.1 Å². The lowest BCUT2D eigenvalue weighted by atomic mass is 10.1. The molecule has 0 saturated carbocycles. The number of ether oxygens (including phenoxy) is 1. The minimum absolute atomic E-state index is 0.0243. The zero-order valence-electron chi connectivity index (χ0n) is 22.1. The van der Waals surface area contributed by atoms with Crippen molar-refractivity contribution in [3.63, 3.8) is 0 Å². The van der Waals surface area contributed by atoms with Crippen LogP contribution < -0.4 is 14.8 Å². The standard InChI is InChI=1S/C30H24Cl2FN3O5S/c1-3-27(21-6-4-7-22(31)14-21)42(39,40)36-28(37)20-12-10-19(11-13-20)18(2)35-29(38)26-15-23(32)17-34-30(26)41-25-9-5-8-24(33)16-25/h3-18,27H,1H2,2H3,(H,35,38)(H,36,37)/t18-,27?/m0/s1. The van der Waals surface area contributed by atoms with Gasteiger partial charge in [0.2, 0.25) is 15.9 Å². The number of amides is 2. The number of aromatic nitrogens is 1. The molecule has 2 N–H and O–H groups in total. The van der Waals surface area contributed by atoms with Crippen molar-refractivity contribution in [3.8, 4) is 11.6 Å². The van der Waals surface area contributed by atoms with Crippen LogP contribution >= 0.6 is 23.2 Å². The van der Waals surface area contributed by atoms with Gasteiger partial charge in [-0.2, -0.15) is 0 Å². The first kappa shape index (κ1) is 30.7. The van der Waals surface area contributed by atoms with Crippen LogP contribution in [0.25, 0.3) is 0 Å². The minimum atomic E-state index is -4.18. The molecule has 12 heteroatoms. The Kier molecular flexibility index (Phi) is 9.62. The number of nitrogens with one attached hydrogen (secondary N) is 2. The van der Waals surface area contributed by atoms with E-state index in [9.17, 15) is 22.4 Å². The highest BCUT2D eigenvalue weighted by molar-refractivity contribution is 7.90. The lowest BCUT2D eigenvalue weighted by Crippen LogP contribution is -2.34. The molecule has 0 saturated heterocycles. The second-order valence-corrected chi connectivity index (χ2v) is 11.7. The first-order chi connectivity index (χ1) is 20.0. The van der Waals surface area contributed by atoms with Crippen LogP contribution in [0, 0.1) is 5.82 Å². The molecule has 1 unspecified atom stereocenters. The maximum absolute atomic E-state index is 13.6. The Hall–Kier alpha value is -4.25. The van der Waals surface area contributed by atoms with Gasteiger partial charge in [-0.15, -0.1) is 6.58 Å². The molecule has 1 heterocycles. The van der Waals surface area contributed by atoms with E-state index in [0.29, 0.717) is 16.1 Å². The van der Waals surface area contributed by atoms with Crippen molar-refractivity contribution >= 4 is 45.0 Å². The zero-order chi connectivity index (χ0) is 30.4. The number of hydrogen-bond acceptors (Lipinski definition) is 6. The molecule has 0 aliphatic heterocycles. The van der Waals surface area contributed by atoms with Gasteiger partial charge in [-0.1, -0.05) is 59.6 Å². The molecule has 1 aromatic heterocycles. The summed E-state index contributed by atoms with van der Waals surface area (Å²) in [4.78, 5) is 30.0. The number of carbonyl (C=O) groups excluding carboxylic acids is 2. The molecule has 216 valence electrons. The highest BCUT2D eigenvalue weighted by Crippen LogP contribution is 2.28. The van der Waals surface area contributed by atoms with Crippen molar-refractivity contribution in [2.24, 2.45) is 0 Å². The summed E-state index contributed by atoms with van der Waals surface area (Å²) in [5.41, 5.74) is 1.08. The molecule has 3 aromatic carbocycles. The highest BCUT2D eigenvalue weighted by atomic mass is 35.5. The number of hydrogen-bond donors (Lipinski definition) is 2. The SMILES string of the molecule is C=CC(c1cccc(Cl)c1)S(=O)(=O)NC(=O)c1ccc([C@H](C)NC(=O)c2cc(Cl)cnc2Oc2cccc(F)c2)cc1. The zero-order valence-corrected chi connectivity index (χ0v) is 24.4. The number of carbonyl (C=O) groups is 2. The Balaban J connectivity index is 1.45. The van der Waals surface area contributed by atoms with E-state index in [1.54, 1.807) is 37.3 Å². The molecular formula is C30H24Cl2FN3O5S. The van der Waals surface area contributed by atoms with E-state index in [4.69, 9.17) is 27.9 Å². The maximum atomic E-state index is 13.6. The third-order valence-corrected chi connectivity index (χ3v) is 8.10. The summed E-state index contributed by atoms with van der Waals surface area (Å²) in [5.74, 6) is -1.84. The van der Waals surface area contributed by atoms with Crippen molar-refractivity contribution in [1.82, 2.24) is 15.0 Å². The molecule has 4 aromatic rings. The summed E-state index contributed by atoms with van der Waals surface area (Å²) < 4.78 is 47.1. The molecule has 0 bridgehead atoms. The third kappa shape index (κ3) is 7.52. The summed E-state index contributed by atoms with van der Waals surface area (Å²) in [6.07, 6.45) is 2.51. The van der Waals surface area contributed by atoms with Gasteiger partial charge >= 0.3 is 0 Å². The third-order valence-electron chi connectivity index (χ3n) is 6.05. The van der Waals surface area contributed by atoms with Crippen LogP contribution in [0.1, 0.15) is 50.1 Å². The van der Waals surface area contributed by atoms with E-state index in [2.05, 4.69) is 21.6 Å². The molecule has 0 aliphatic rings. The number of halogens is 3. The molecule has 42 heavy (non-hydrogen) atoms. The number of nitrogens with zero attached hydrogens (tertiary/aromatic N) is 1. The largest absolute Gasteiger partial charge is 0.438 e. The molecule has 2 atom stereocenters. The van der Waals surface area contributed by atoms with Crippen molar-refractivity contribution in [3.05, 3.63) is 136 Å². The van der Waals surface area contributed by atoms with E-state index in [1.165, 1.54) is 54.7 Å². The van der Waals surface area contributed by atoms with Crippen molar-refractivity contribution in [2.45, 2.75) is 18.2 Å². The minimum Gasteiger partial charge on any atom is -0.438 e. The van der Waals surface area contributed by atoms with Crippen LogP contribution in [0.2, 0.25) is 10.0 Å². The number of pyridine rings is 1. The number of rotatable bonds is 10. The average molecular weight is 629 g/mol. The smallest absolute Gasteiger partial charge is 0.264 e. The van der Waals surface area contributed by atoms with Crippen LogP contribution in [-0.4, -0.2) is 25.2 Å². The first-order valence-electron chi connectivity index (χ1n) is 12.4. The summed E-state index contributed by atoms with van der Waals surface area (Å²) in [6, 6.07) is 18.5. The second-order valence-electron chi connectivity index (χ2n) is 9.07. The lowest BCUT2D eigenvalue weighted by Gasteiger charge is -2.17. The Labute approximate surface area is 252 Å². The van der Waals surface area contributed by atoms with Gasteiger partial charge in [0, 0.05) is 22.8 Å². The fourth-order valence-electron chi connectivity index (χ4n) is 3.97. The first-order valence-corrected chi connectivity index (χ1v) is 14.7. The van der Waals surface area contributed by atoms with E-state index >= 15 is 0 Å². The van der Waals surface area contributed by atoms with Gasteiger partial charge in [0.25, 0.3) is 11.8 Å². The molecule has 0 fully saturated rings. The van der Waals surface area contributed by atoms with Gasteiger partial charge in [0.1, 0.15) is 22.4 Å². The van der Waals surface area contributed by atoms with Gasteiger partial charge < -0.3 is 10.1 Å². The Morgan fingerprint density at radius 1 is 0.952 bits per heavy atom. The Bertz CT molecular complexity index is 1750. The topological polar surface area (TPSA) is 114 Å². The summed E-state index contributed by atoms with van der Waals surface area (Å²) in [5, 5.41) is 2.14. The normalized spacial score (nSPS) is 12.6. The predicted octanol–water partition coefficient (Wildman–Crippen LogP) is 6.80. The van der Waals surface area contributed by atoms with Gasteiger partial charge in [-0.05, 0) is 60.5 Å². The average Bonchev–Trinajstić information content (AvgIpc) is 2.94. The van der Waals surface area contributed by atoms with Crippen LogP contribution in [-0.2, 0) is 10.0 Å². The van der Waals surface area contributed by atoms with Crippen LogP contribution in [0.5, 0.6) is 11.6 Å². The molecule has 0 spiro atoms. The predicted molar refractivity (Wildman–Crippen MR) is 159 cm³/mol. The van der Waals surface area contributed by atoms with Crippen LogP contribution in [0.4, 0.5) is 4.39 Å². The summed E-state index contributed by atoms with van der Waals surface area (Å²) in [6.45, 7) is 5.29. The highest BCUT2D eigenvalue weighted by Gasteiger charge is 2.27. The molecule has 0 radical (unpaired) electrons. The second kappa shape index (κ2) is 13.2. The van der Waals surface area contributed by atoms with E-state index in [1.807, 2.05) is 0 Å². The Morgan fingerprint density at radius 3 is 2.33 bits per heavy atom. The number of sulfonamides is 1. The number of benzene rings is 3. The summed E-state index contributed by atoms with van der Waals surface area (Å²) in [7, 11) is -4.18. The molecular weight excluding hydrogens is 604 g/mol. The van der Waals surface area contributed by atoms with Gasteiger partial charge in [-0.3, -0.25) is 9.59 Å². The van der Waals surface area contributed by atoms with Crippen LogP contribution in [0.15, 0.2) is 97.7 Å². The fourth-order valence-corrected chi connectivity index (χ4v) is 5.59. The van der Waals surface area contributed by atoms with Crippen molar-refractivity contribution in [2.75, 3.05) is 0 Å². The molecule has 4 rings (SSSR count). The van der Waals surface area contributed by atoms with E-state index < -0.39 is 38.9 Å².